The second-order valence-corrected chi connectivity index (χ2v) is 6.59. The molecule has 1 fully saturated rings. The van der Waals surface area contributed by atoms with E-state index in [1.165, 1.54) is 37.8 Å². The van der Waals surface area contributed by atoms with E-state index in [4.69, 9.17) is 4.98 Å². The molecule has 104 valence electrons. The van der Waals surface area contributed by atoms with E-state index in [1.807, 2.05) is 0 Å². The molecule has 0 amide bonds. The third-order valence-corrected chi connectivity index (χ3v) is 4.90. The van der Waals surface area contributed by atoms with Crippen molar-refractivity contribution >= 4 is 16.3 Å². The molecule has 1 N–H and O–H groups in total. The van der Waals surface area contributed by atoms with Gasteiger partial charge in [0, 0.05) is 30.2 Å². The van der Waals surface area contributed by atoms with E-state index in [1.54, 1.807) is 11.3 Å². The van der Waals surface area contributed by atoms with Gasteiger partial charge < -0.3 is 5.32 Å². The van der Waals surface area contributed by atoms with Crippen LogP contribution in [0, 0.1) is 5.92 Å². The highest BCUT2D eigenvalue weighted by Crippen LogP contribution is 2.31. The lowest BCUT2D eigenvalue weighted by molar-refractivity contribution is 0.258. The van der Waals surface area contributed by atoms with E-state index in [0.717, 1.165) is 23.8 Å². The van der Waals surface area contributed by atoms with Crippen LogP contribution in [0.25, 0.3) is 4.96 Å². The molecule has 0 aliphatic heterocycles. The number of thiazole rings is 1. The second-order valence-electron chi connectivity index (χ2n) is 5.71. The van der Waals surface area contributed by atoms with Crippen molar-refractivity contribution in [1.82, 2.24) is 14.7 Å². The molecule has 3 nitrogen and oxygen atoms in total. The minimum absolute atomic E-state index is 0.606. The average Bonchev–Trinajstić information content (AvgIpc) is 2.90. The Kier molecular flexibility index (Phi) is 4.18. The fourth-order valence-corrected chi connectivity index (χ4v) is 3.56. The number of nitrogens with zero attached hydrogens (tertiary/aromatic N) is 2. The average molecular weight is 277 g/mol. The van der Waals surface area contributed by atoms with E-state index < -0.39 is 0 Å². The zero-order valence-corrected chi connectivity index (χ0v) is 12.5. The number of hydrogen-bond donors (Lipinski definition) is 1. The van der Waals surface area contributed by atoms with E-state index in [-0.39, 0.29) is 0 Å². The van der Waals surface area contributed by atoms with Crippen LogP contribution in [0.2, 0.25) is 0 Å². The Bertz CT molecular complexity index is 484. The monoisotopic (exact) mass is 277 g/mol. The first-order valence-electron chi connectivity index (χ1n) is 7.49. The largest absolute Gasteiger partial charge is 0.314 e. The summed E-state index contributed by atoms with van der Waals surface area (Å²) in [4.78, 5) is 5.83. The van der Waals surface area contributed by atoms with Crippen molar-refractivity contribution in [2.24, 2.45) is 5.92 Å². The Balaban J connectivity index is 1.62. The number of nitrogens with one attached hydrogen (secondary N) is 1. The molecule has 1 aliphatic carbocycles. The van der Waals surface area contributed by atoms with Gasteiger partial charge in [0.2, 0.25) is 0 Å². The normalized spacial score (nSPS) is 17.7. The van der Waals surface area contributed by atoms with Crippen LogP contribution < -0.4 is 5.32 Å². The van der Waals surface area contributed by atoms with Crippen molar-refractivity contribution in [1.29, 1.82) is 0 Å². The maximum Gasteiger partial charge on any atom is 0.193 e. The SMILES string of the molecule is CCCNC(Cc1cn2ccsc2n1)CC1CCC1. The maximum atomic E-state index is 4.71. The van der Waals surface area contributed by atoms with Crippen molar-refractivity contribution < 1.29 is 0 Å². The molecule has 4 heteroatoms. The fourth-order valence-electron chi connectivity index (χ4n) is 2.85. The van der Waals surface area contributed by atoms with Crippen LogP contribution >= 0.6 is 11.3 Å². The summed E-state index contributed by atoms with van der Waals surface area (Å²) in [6, 6.07) is 0.606. The third-order valence-electron chi connectivity index (χ3n) is 4.12. The van der Waals surface area contributed by atoms with E-state index in [0.29, 0.717) is 6.04 Å². The molecular weight excluding hydrogens is 254 g/mol. The number of aromatic nitrogens is 2. The van der Waals surface area contributed by atoms with Gasteiger partial charge in [-0.25, -0.2) is 4.98 Å². The topological polar surface area (TPSA) is 29.3 Å². The first kappa shape index (κ1) is 13.1. The van der Waals surface area contributed by atoms with Crippen LogP contribution in [0.1, 0.15) is 44.7 Å². The molecule has 0 saturated heterocycles. The van der Waals surface area contributed by atoms with Crippen molar-refractivity contribution in [2.75, 3.05) is 6.54 Å². The maximum absolute atomic E-state index is 4.71. The van der Waals surface area contributed by atoms with Gasteiger partial charge in [-0.1, -0.05) is 26.2 Å². The van der Waals surface area contributed by atoms with Gasteiger partial charge >= 0.3 is 0 Å². The van der Waals surface area contributed by atoms with Gasteiger partial charge in [0.15, 0.2) is 4.96 Å². The molecule has 0 aromatic carbocycles. The van der Waals surface area contributed by atoms with Crippen LogP contribution in [0.5, 0.6) is 0 Å². The Labute approximate surface area is 119 Å². The molecule has 1 saturated carbocycles. The summed E-state index contributed by atoms with van der Waals surface area (Å²) in [5, 5.41) is 5.80. The molecular formula is C15H23N3S. The van der Waals surface area contributed by atoms with Gasteiger partial charge in [-0.15, -0.1) is 11.3 Å². The van der Waals surface area contributed by atoms with Crippen LogP contribution in [0.15, 0.2) is 17.8 Å². The van der Waals surface area contributed by atoms with E-state index >= 15 is 0 Å². The zero-order valence-electron chi connectivity index (χ0n) is 11.6. The van der Waals surface area contributed by atoms with Crippen LogP contribution in [0.3, 0.4) is 0 Å². The third kappa shape index (κ3) is 3.18. The number of fused-ring (bicyclic) bond motifs is 1. The number of hydrogen-bond acceptors (Lipinski definition) is 3. The summed E-state index contributed by atoms with van der Waals surface area (Å²) in [6.45, 7) is 3.36. The Morgan fingerprint density at radius 1 is 1.53 bits per heavy atom. The van der Waals surface area contributed by atoms with Gasteiger partial charge in [0.05, 0.1) is 5.69 Å². The highest BCUT2D eigenvalue weighted by atomic mass is 32.1. The van der Waals surface area contributed by atoms with Gasteiger partial charge in [0.1, 0.15) is 0 Å². The number of imidazole rings is 1. The van der Waals surface area contributed by atoms with Crippen LogP contribution in [0.4, 0.5) is 0 Å². The summed E-state index contributed by atoms with van der Waals surface area (Å²) >= 11 is 1.71. The molecule has 2 aromatic heterocycles. The van der Waals surface area contributed by atoms with Gasteiger partial charge in [0.25, 0.3) is 0 Å². The molecule has 3 rings (SSSR count). The van der Waals surface area contributed by atoms with E-state index in [2.05, 4.69) is 34.4 Å². The van der Waals surface area contributed by atoms with Gasteiger partial charge in [-0.2, -0.15) is 0 Å². The highest BCUT2D eigenvalue weighted by Gasteiger charge is 2.22. The lowest BCUT2D eigenvalue weighted by Gasteiger charge is -2.30. The molecule has 1 unspecified atom stereocenters. The standard InChI is InChI=1S/C15H23N3S/c1-2-6-16-13(9-12-4-3-5-12)10-14-11-18-7-8-19-15(18)17-14/h7-8,11-13,16H,2-6,9-10H2,1H3. The Hall–Kier alpha value is -0.870. The summed E-state index contributed by atoms with van der Waals surface area (Å²) in [5.74, 6) is 0.957. The first-order valence-corrected chi connectivity index (χ1v) is 8.37. The fraction of sp³-hybridized carbons (Fsp3) is 0.667. The summed E-state index contributed by atoms with van der Waals surface area (Å²) in [7, 11) is 0. The molecule has 2 aromatic rings. The van der Waals surface area contributed by atoms with Crippen LogP contribution in [-0.4, -0.2) is 22.0 Å². The van der Waals surface area contributed by atoms with Crippen molar-refractivity contribution in [2.45, 2.75) is 51.5 Å². The Morgan fingerprint density at radius 2 is 2.42 bits per heavy atom. The van der Waals surface area contributed by atoms with E-state index in [9.17, 15) is 0 Å². The zero-order chi connectivity index (χ0) is 13.1. The minimum atomic E-state index is 0.606. The molecule has 1 aliphatic rings. The quantitative estimate of drug-likeness (QED) is 0.839. The molecule has 2 heterocycles. The lowest BCUT2D eigenvalue weighted by Crippen LogP contribution is -2.35. The van der Waals surface area contributed by atoms with Crippen molar-refractivity contribution in [3.8, 4) is 0 Å². The van der Waals surface area contributed by atoms with Crippen molar-refractivity contribution in [3.63, 3.8) is 0 Å². The summed E-state index contributed by atoms with van der Waals surface area (Å²) in [6.07, 6.45) is 12.2. The Morgan fingerprint density at radius 3 is 3.11 bits per heavy atom. The first-order chi connectivity index (χ1) is 9.35. The summed E-state index contributed by atoms with van der Waals surface area (Å²) < 4.78 is 2.14. The summed E-state index contributed by atoms with van der Waals surface area (Å²) in [5.41, 5.74) is 1.24. The molecule has 0 bridgehead atoms. The molecule has 19 heavy (non-hydrogen) atoms. The molecule has 0 spiro atoms. The minimum Gasteiger partial charge on any atom is -0.314 e. The van der Waals surface area contributed by atoms with Crippen LogP contribution in [-0.2, 0) is 6.42 Å². The predicted octanol–water partition coefficient (Wildman–Crippen LogP) is 3.50. The molecule has 0 radical (unpaired) electrons. The smallest absolute Gasteiger partial charge is 0.193 e. The highest BCUT2D eigenvalue weighted by molar-refractivity contribution is 7.15. The van der Waals surface area contributed by atoms with Gasteiger partial charge in [-0.05, 0) is 25.3 Å². The number of rotatable bonds is 7. The predicted molar refractivity (Wildman–Crippen MR) is 80.8 cm³/mol. The van der Waals surface area contributed by atoms with Crippen molar-refractivity contribution in [3.05, 3.63) is 23.5 Å². The van der Waals surface area contributed by atoms with Gasteiger partial charge in [-0.3, -0.25) is 4.40 Å². The lowest BCUT2D eigenvalue weighted by atomic mass is 9.80. The molecule has 1 atom stereocenters. The second kappa shape index (κ2) is 6.06.